The molecule has 7 heteroatoms. The molecule has 3 rings (SSSR count). The summed E-state index contributed by atoms with van der Waals surface area (Å²) in [5, 5.41) is 17.2. The normalized spacial score (nSPS) is 15.5. The Morgan fingerprint density at radius 1 is 1.12 bits per heavy atom. The van der Waals surface area contributed by atoms with E-state index in [1.165, 1.54) is 0 Å². The molecule has 1 aromatic carbocycles. The van der Waals surface area contributed by atoms with E-state index in [9.17, 15) is 9.59 Å². The lowest BCUT2D eigenvalue weighted by atomic mass is 9.97. The molecule has 0 aliphatic carbocycles. The standard InChI is InChI=1S/C17H20N4O3/c1-11-3-5-14(6-4-11)21-12(2)15(18-19-21)16(22)20-9-7-13(8-10-20)17(23)24/h3-6,13H,7-10H2,1-2H3,(H,23,24). The lowest BCUT2D eigenvalue weighted by molar-refractivity contribution is -0.143. The van der Waals surface area contributed by atoms with E-state index in [1.807, 2.05) is 38.1 Å². The summed E-state index contributed by atoms with van der Waals surface area (Å²) in [6.07, 6.45) is 0.957. The van der Waals surface area contributed by atoms with E-state index in [4.69, 9.17) is 5.11 Å². The quantitative estimate of drug-likeness (QED) is 0.928. The van der Waals surface area contributed by atoms with Crippen LogP contribution in [0.1, 0.15) is 34.6 Å². The van der Waals surface area contributed by atoms with Crippen LogP contribution in [0.3, 0.4) is 0 Å². The van der Waals surface area contributed by atoms with Gasteiger partial charge in [0.25, 0.3) is 5.91 Å². The van der Waals surface area contributed by atoms with Crippen molar-refractivity contribution in [2.75, 3.05) is 13.1 Å². The number of hydrogen-bond acceptors (Lipinski definition) is 4. The second kappa shape index (κ2) is 6.43. The van der Waals surface area contributed by atoms with E-state index in [0.29, 0.717) is 37.3 Å². The smallest absolute Gasteiger partial charge is 0.306 e. The molecule has 2 heterocycles. The van der Waals surface area contributed by atoms with Gasteiger partial charge in [0.1, 0.15) is 0 Å². The average Bonchev–Trinajstić information content (AvgIpc) is 2.96. The molecule has 24 heavy (non-hydrogen) atoms. The zero-order valence-electron chi connectivity index (χ0n) is 13.8. The summed E-state index contributed by atoms with van der Waals surface area (Å²) < 4.78 is 1.65. The highest BCUT2D eigenvalue weighted by molar-refractivity contribution is 5.93. The number of aryl methyl sites for hydroxylation is 1. The predicted octanol–water partition coefficient (Wildman–Crippen LogP) is 1.82. The van der Waals surface area contributed by atoms with Gasteiger partial charge < -0.3 is 10.0 Å². The SMILES string of the molecule is Cc1ccc(-n2nnc(C(=O)N3CCC(C(=O)O)CC3)c2C)cc1. The molecule has 0 radical (unpaired) electrons. The molecule has 7 nitrogen and oxygen atoms in total. The van der Waals surface area contributed by atoms with Crippen molar-refractivity contribution in [3.8, 4) is 5.69 Å². The van der Waals surface area contributed by atoms with Gasteiger partial charge in [-0.2, -0.15) is 0 Å². The highest BCUT2D eigenvalue weighted by Crippen LogP contribution is 2.20. The van der Waals surface area contributed by atoms with Crippen LogP contribution in [0.2, 0.25) is 0 Å². The highest BCUT2D eigenvalue weighted by atomic mass is 16.4. The number of benzene rings is 1. The Kier molecular flexibility index (Phi) is 4.33. The van der Waals surface area contributed by atoms with Crippen LogP contribution in [0.5, 0.6) is 0 Å². The van der Waals surface area contributed by atoms with Crippen LogP contribution in [0.25, 0.3) is 5.69 Å². The van der Waals surface area contributed by atoms with E-state index in [1.54, 1.807) is 9.58 Å². The minimum absolute atomic E-state index is 0.185. The fraction of sp³-hybridized carbons (Fsp3) is 0.412. The monoisotopic (exact) mass is 328 g/mol. The summed E-state index contributed by atoms with van der Waals surface area (Å²) in [7, 11) is 0. The summed E-state index contributed by atoms with van der Waals surface area (Å²) >= 11 is 0. The van der Waals surface area contributed by atoms with Crippen LogP contribution in [0, 0.1) is 19.8 Å². The van der Waals surface area contributed by atoms with Crippen LogP contribution >= 0.6 is 0 Å². The first-order chi connectivity index (χ1) is 11.5. The molecule has 1 fully saturated rings. The van der Waals surface area contributed by atoms with Gasteiger partial charge in [0.2, 0.25) is 0 Å². The van der Waals surface area contributed by atoms with Crippen LogP contribution in [0.15, 0.2) is 24.3 Å². The molecule has 0 spiro atoms. The number of amides is 1. The van der Waals surface area contributed by atoms with Gasteiger partial charge >= 0.3 is 5.97 Å². The second-order valence-electron chi connectivity index (χ2n) is 6.18. The Morgan fingerprint density at radius 2 is 1.75 bits per heavy atom. The minimum Gasteiger partial charge on any atom is -0.481 e. The van der Waals surface area contributed by atoms with Gasteiger partial charge in [0, 0.05) is 13.1 Å². The van der Waals surface area contributed by atoms with Gasteiger partial charge in [-0.25, -0.2) is 4.68 Å². The Balaban J connectivity index is 1.77. The topological polar surface area (TPSA) is 88.3 Å². The molecule has 126 valence electrons. The second-order valence-corrected chi connectivity index (χ2v) is 6.18. The molecule has 1 amide bonds. The van der Waals surface area contributed by atoms with Crippen molar-refractivity contribution >= 4 is 11.9 Å². The van der Waals surface area contributed by atoms with Crippen molar-refractivity contribution in [2.45, 2.75) is 26.7 Å². The molecule has 1 saturated heterocycles. The molecule has 1 aliphatic heterocycles. The third-order valence-corrected chi connectivity index (χ3v) is 4.51. The zero-order chi connectivity index (χ0) is 17.3. The molecule has 1 aliphatic rings. The van der Waals surface area contributed by atoms with E-state index in [-0.39, 0.29) is 11.8 Å². The van der Waals surface area contributed by atoms with Crippen molar-refractivity contribution in [3.05, 3.63) is 41.2 Å². The number of aromatic nitrogens is 3. The summed E-state index contributed by atoms with van der Waals surface area (Å²) in [5.41, 5.74) is 3.01. The minimum atomic E-state index is -0.788. The first-order valence-corrected chi connectivity index (χ1v) is 7.99. The van der Waals surface area contributed by atoms with Crippen molar-refractivity contribution in [2.24, 2.45) is 5.92 Å². The highest BCUT2D eigenvalue weighted by Gasteiger charge is 2.29. The molecule has 2 aromatic rings. The molecule has 0 unspecified atom stereocenters. The van der Waals surface area contributed by atoms with E-state index in [2.05, 4.69) is 10.3 Å². The number of carboxylic acids is 1. The first-order valence-electron chi connectivity index (χ1n) is 7.99. The number of carbonyl (C=O) groups is 2. The lowest BCUT2D eigenvalue weighted by Gasteiger charge is -2.29. The van der Waals surface area contributed by atoms with Gasteiger partial charge in [-0.3, -0.25) is 9.59 Å². The molecule has 1 N–H and O–H groups in total. The number of carboxylic acid groups (broad SMARTS) is 1. The number of aliphatic carboxylic acids is 1. The molecule has 0 bridgehead atoms. The number of likely N-dealkylation sites (tertiary alicyclic amines) is 1. The Morgan fingerprint density at radius 3 is 2.33 bits per heavy atom. The number of nitrogens with zero attached hydrogens (tertiary/aromatic N) is 4. The fourth-order valence-corrected chi connectivity index (χ4v) is 2.94. The van der Waals surface area contributed by atoms with Crippen LogP contribution in [-0.4, -0.2) is 50.0 Å². The van der Waals surface area contributed by atoms with E-state index < -0.39 is 5.97 Å². The predicted molar refractivity (Wildman–Crippen MR) is 87.1 cm³/mol. The average molecular weight is 328 g/mol. The first kappa shape index (κ1) is 16.2. The summed E-state index contributed by atoms with van der Waals surface area (Å²) in [6.45, 7) is 4.70. The van der Waals surface area contributed by atoms with Gasteiger partial charge in [-0.05, 0) is 38.8 Å². The van der Waals surface area contributed by atoms with Crippen molar-refractivity contribution in [1.82, 2.24) is 19.9 Å². The Bertz CT molecular complexity index is 759. The van der Waals surface area contributed by atoms with Gasteiger partial charge in [-0.1, -0.05) is 22.9 Å². The summed E-state index contributed by atoms with van der Waals surface area (Å²) in [4.78, 5) is 25.3. The molecule has 0 atom stereocenters. The maximum Gasteiger partial charge on any atom is 0.306 e. The molecular formula is C17H20N4O3. The van der Waals surface area contributed by atoms with Crippen LogP contribution in [0.4, 0.5) is 0 Å². The lowest BCUT2D eigenvalue weighted by Crippen LogP contribution is -2.40. The molecular weight excluding hydrogens is 308 g/mol. The van der Waals surface area contributed by atoms with Gasteiger partial charge in [-0.15, -0.1) is 5.10 Å². The van der Waals surface area contributed by atoms with Crippen molar-refractivity contribution in [1.29, 1.82) is 0 Å². The van der Waals surface area contributed by atoms with Gasteiger partial charge in [0.05, 0.1) is 17.3 Å². The largest absolute Gasteiger partial charge is 0.481 e. The maximum atomic E-state index is 12.7. The van der Waals surface area contributed by atoms with Crippen LogP contribution in [-0.2, 0) is 4.79 Å². The third-order valence-electron chi connectivity index (χ3n) is 4.51. The van der Waals surface area contributed by atoms with Crippen molar-refractivity contribution < 1.29 is 14.7 Å². The summed E-state index contributed by atoms with van der Waals surface area (Å²) in [5.74, 6) is -1.34. The number of carbonyl (C=O) groups excluding carboxylic acids is 1. The Labute approximate surface area is 139 Å². The van der Waals surface area contributed by atoms with E-state index in [0.717, 1.165) is 11.3 Å². The zero-order valence-corrected chi connectivity index (χ0v) is 13.8. The van der Waals surface area contributed by atoms with Crippen LogP contribution < -0.4 is 0 Å². The summed E-state index contributed by atoms with van der Waals surface area (Å²) in [6, 6.07) is 7.83. The number of hydrogen-bond donors (Lipinski definition) is 1. The number of rotatable bonds is 3. The fourth-order valence-electron chi connectivity index (χ4n) is 2.94. The van der Waals surface area contributed by atoms with Crippen molar-refractivity contribution in [3.63, 3.8) is 0 Å². The van der Waals surface area contributed by atoms with E-state index >= 15 is 0 Å². The van der Waals surface area contributed by atoms with Gasteiger partial charge in [0.15, 0.2) is 5.69 Å². The molecule has 1 aromatic heterocycles. The molecule has 0 saturated carbocycles. The maximum absolute atomic E-state index is 12.7. The third kappa shape index (κ3) is 3.02. The number of piperidine rings is 1. The Hall–Kier alpha value is -2.70.